The number of carbonyl (C=O) groups is 4. The lowest BCUT2D eigenvalue weighted by molar-refractivity contribution is -0.142. The van der Waals surface area contributed by atoms with Crippen LogP contribution < -0.4 is 0 Å². The number of amides is 4. The number of benzene rings is 1. The Morgan fingerprint density at radius 3 is 2.25 bits per heavy atom. The van der Waals surface area contributed by atoms with Crippen LogP contribution in [0.25, 0.3) is 0 Å². The molecule has 4 amide bonds. The normalized spacial score (nSPS) is 15.2. The summed E-state index contributed by atoms with van der Waals surface area (Å²) in [7, 11) is 1.10. The van der Waals surface area contributed by atoms with Crippen LogP contribution in [0.2, 0.25) is 0 Å². The number of Topliss-reactive ketones (excluding diaryl/α,β-unsaturated/α-hetero) is 1. The molecule has 1 heterocycles. The maximum Gasteiger partial charge on any atom is 0.334 e. The maximum atomic E-state index is 13.0. The second-order valence-corrected chi connectivity index (χ2v) is 4.09. The maximum absolute atomic E-state index is 13.0. The van der Waals surface area contributed by atoms with E-state index < -0.39 is 41.8 Å². The molecule has 2 rings (SSSR count). The molecule has 1 aliphatic rings. The number of imide groups is 2. The SMILES string of the molecule is CN1C(=O)C(=O)N(CC(=O)c2ccc(F)c(F)c2)C1=O. The van der Waals surface area contributed by atoms with Crippen LogP contribution in [0, 0.1) is 11.6 Å². The number of hydrogen-bond donors (Lipinski definition) is 0. The van der Waals surface area contributed by atoms with Gasteiger partial charge in [0.1, 0.15) is 0 Å². The van der Waals surface area contributed by atoms with Gasteiger partial charge in [-0.3, -0.25) is 19.3 Å². The van der Waals surface area contributed by atoms with Crippen LogP contribution in [-0.4, -0.2) is 47.0 Å². The summed E-state index contributed by atoms with van der Waals surface area (Å²) >= 11 is 0. The number of urea groups is 1. The molecule has 0 spiro atoms. The molecule has 1 aromatic carbocycles. The van der Waals surface area contributed by atoms with Crippen molar-refractivity contribution in [3.63, 3.8) is 0 Å². The summed E-state index contributed by atoms with van der Waals surface area (Å²) in [5, 5.41) is 0. The highest BCUT2D eigenvalue weighted by atomic mass is 19.2. The van der Waals surface area contributed by atoms with E-state index in [1.54, 1.807) is 0 Å². The van der Waals surface area contributed by atoms with Gasteiger partial charge >= 0.3 is 17.8 Å². The van der Waals surface area contributed by atoms with Gasteiger partial charge in [0.25, 0.3) is 0 Å². The highest BCUT2D eigenvalue weighted by Gasteiger charge is 2.43. The molecule has 1 saturated heterocycles. The van der Waals surface area contributed by atoms with E-state index in [1.165, 1.54) is 0 Å². The second kappa shape index (κ2) is 4.80. The highest BCUT2D eigenvalue weighted by molar-refractivity contribution is 6.45. The van der Waals surface area contributed by atoms with Gasteiger partial charge in [0, 0.05) is 12.6 Å². The molecule has 0 aliphatic carbocycles. The van der Waals surface area contributed by atoms with Gasteiger partial charge in [-0.1, -0.05) is 0 Å². The van der Waals surface area contributed by atoms with E-state index in [4.69, 9.17) is 0 Å². The lowest BCUT2D eigenvalue weighted by Crippen LogP contribution is -2.36. The van der Waals surface area contributed by atoms with Crippen LogP contribution in [0.15, 0.2) is 18.2 Å². The van der Waals surface area contributed by atoms with Crippen LogP contribution in [0.5, 0.6) is 0 Å². The van der Waals surface area contributed by atoms with Gasteiger partial charge < -0.3 is 0 Å². The van der Waals surface area contributed by atoms with Crippen molar-refractivity contribution < 1.29 is 28.0 Å². The van der Waals surface area contributed by atoms with E-state index in [1.807, 2.05) is 0 Å². The number of carbonyl (C=O) groups excluding carboxylic acids is 4. The standard InChI is InChI=1S/C12H8F2N2O4/c1-15-10(18)11(19)16(12(15)20)5-9(17)6-2-3-7(13)8(14)4-6/h2-4H,5H2,1H3. The third-order valence-corrected chi connectivity index (χ3v) is 2.79. The molecule has 20 heavy (non-hydrogen) atoms. The molecule has 8 heteroatoms. The van der Waals surface area contributed by atoms with Crippen molar-refractivity contribution in [2.75, 3.05) is 13.6 Å². The Kier molecular flexibility index (Phi) is 3.31. The van der Waals surface area contributed by atoms with Crippen LogP contribution in [-0.2, 0) is 9.59 Å². The van der Waals surface area contributed by atoms with Crippen LogP contribution in [0.3, 0.4) is 0 Å². The Labute approximate surface area is 111 Å². The molecule has 1 aliphatic heterocycles. The van der Waals surface area contributed by atoms with Crippen molar-refractivity contribution in [2.45, 2.75) is 0 Å². The number of hydrogen-bond acceptors (Lipinski definition) is 4. The Balaban J connectivity index is 2.20. The summed E-state index contributed by atoms with van der Waals surface area (Å²) < 4.78 is 25.7. The molecular formula is C12H8F2N2O4. The van der Waals surface area contributed by atoms with Crippen molar-refractivity contribution >= 4 is 23.6 Å². The van der Waals surface area contributed by atoms with E-state index in [0.717, 1.165) is 19.2 Å². The summed E-state index contributed by atoms with van der Waals surface area (Å²) in [6.07, 6.45) is 0. The minimum atomic E-state index is -1.22. The molecule has 0 radical (unpaired) electrons. The molecule has 0 saturated carbocycles. The molecule has 0 N–H and O–H groups in total. The second-order valence-electron chi connectivity index (χ2n) is 4.09. The predicted octanol–water partition coefficient (Wildman–Crippen LogP) is 0.568. The van der Waals surface area contributed by atoms with Gasteiger partial charge in [0.05, 0.1) is 6.54 Å². The minimum Gasteiger partial charge on any atom is -0.292 e. The van der Waals surface area contributed by atoms with Crippen molar-refractivity contribution in [2.24, 2.45) is 0 Å². The number of nitrogens with zero attached hydrogens (tertiary/aromatic N) is 2. The van der Waals surface area contributed by atoms with E-state index in [2.05, 4.69) is 0 Å². The van der Waals surface area contributed by atoms with Crippen LogP contribution in [0.1, 0.15) is 10.4 Å². The summed E-state index contributed by atoms with van der Waals surface area (Å²) in [6, 6.07) is 1.51. The fourth-order valence-corrected chi connectivity index (χ4v) is 1.66. The average Bonchev–Trinajstić information content (AvgIpc) is 2.59. The first-order chi connectivity index (χ1) is 9.32. The highest BCUT2D eigenvalue weighted by Crippen LogP contribution is 2.13. The largest absolute Gasteiger partial charge is 0.334 e. The molecule has 0 atom stereocenters. The van der Waals surface area contributed by atoms with Crippen molar-refractivity contribution in [1.29, 1.82) is 0 Å². The van der Waals surface area contributed by atoms with Gasteiger partial charge in [0.2, 0.25) is 0 Å². The average molecular weight is 282 g/mol. The quantitative estimate of drug-likeness (QED) is 0.461. The zero-order valence-corrected chi connectivity index (χ0v) is 10.2. The fourth-order valence-electron chi connectivity index (χ4n) is 1.66. The van der Waals surface area contributed by atoms with E-state index >= 15 is 0 Å². The predicted molar refractivity (Wildman–Crippen MR) is 60.6 cm³/mol. The Morgan fingerprint density at radius 1 is 1.10 bits per heavy atom. The molecule has 1 fully saturated rings. The van der Waals surface area contributed by atoms with Gasteiger partial charge in [-0.05, 0) is 18.2 Å². The summed E-state index contributed by atoms with van der Waals surface area (Å²) in [5.41, 5.74) is -0.202. The van der Waals surface area contributed by atoms with Gasteiger partial charge in [-0.2, -0.15) is 0 Å². The van der Waals surface area contributed by atoms with Crippen molar-refractivity contribution in [3.05, 3.63) is 35.4 Å². The minimum absolute atomic E-state index is 0.202. The van der Waals surface area contributed by atoms with Gasteiger partial charge in [0.15, 0.2) is 17.4 Å². The number of ketones is 1. The summed E-state index contributed by atoms with van der Waals surface area (Å²) in [4.78, 5) is 47.0. The fraction of sp³-hybridized carbons (Fsp3) is 0.167. The third-order valence-electron chi connectivity index (χ3n) is 2.79. The van der Waals surface area contributed by atoms with Gasteiger partial charge in [-0.25, -0.2) is 18.5 Å². The number of halogens is 2. The smallest absolute Gasteiger partial charge is 0.292 e. The first kappa shape index (κ1) is 13.8. The molecule has 0 aromatic heterocycles. The molecule has 6 nitrogen and oxygen atoms in total. The first-order valence-corrected chi connectivity index (χ1v) is 5.44. The molecule has 104 valence electrons. The summed E-state index contributed by atoms with van der Waals surface area (Å²) in [5.74, 6) is -5.30. The molecule has 0 unspecified atom stereocenters. The lowest BCUT2D eigenvalue weighted by atomic mass is 10.1. The van der Waals surface area contributed by atoms with Crippen molar-refractivity contribution in [3.8, 4) is 0 Å². The molecular weight excluding hydrogens is 274 g/mol. The molecule has 1 aromatic rings. The zero-order chi connectivity index (χ0) is 15.0. The van der Waals surface area contributed by atoms with E-state index in [0.29, 0.717) is 15.9 Å². The Bertz CT molecular complexity index is 644. The van der Waals surface area contributed by atoms with E-state index in [-0.39, 0.29) is 5.56 Å². The Morgan fingerprint density at radius 2 is 1.75 bits per heavy atom. The first-order valence-electron chi connectivity index (χ1n) is 5.44. The third kappa shape index (κ3) is 2.15. The number of rotatable bonds is 3. The Hall–Kier alpha value is -2.64. The zero-order valence-electron chi connectivity index (χ0n) is 10.2. The summed E-state index contributed by atoms with van der Waals surface area (Å²) in [6.45, 7) is -0.710. The molecule has 0 bridgehead atoms. The monoisotopic (exact) mass is 282 g/mol. The van der Waals surface area contributed by atoms with Crippen molar-refractivity contribution in [1.82, 2.24) is 9.80 Å². The topological polar surface area (TPSA) is 74.8 Å². The van der Waals surface area contributed by atoms with Crippen LogP contribution in [0.4, 0.5) is 13.6 Å². The van der Waals surface area contributed by atoms with Crippen LogP contribution >= 0.6 is 0 Å². The lowest BCUT2D eigenvalue weighted by Gasteiger charge is -2.11. The van der Waals surface area contributed by atoms with Gasteiger partial charge in [-0.15, -0.1) is 0 Å². The number of likely N-dealkylation sites (N-methyl/N-ethyl adjacent to an activating group) is 1. The van der Waals surface area contributed by atoms with E-state index in [9.17, 15) is 28.0 Å².